The van der Waals surface area contributed by atoms with Gasteiger partial charge in [-0.1, -0.05) is 28.6 Å². The molecule has 0 saturated carbocycles. The van der Waals surface area contributed by atoms with Gasteiger partial charge in [-0.25, -0.2) is 5.43 Å². The van der Waals surface area contributed by atoms with E-state index in [2.05, 4.69) is 71.6 Å². The Hall–Kier alpha value is -1.65. The molecule has 1 amide bonds. The van der Waals surface area contributed by atoms with Gasteiger partial charge < -0.3 is 9.15 Å². The van der Waals surface area contributed by atoms with E-state index in [9.17, 15) is 4.79 Å². The first-order valence-electron chi connectivity index (χ1n) is 7.73. The topological polar surface area (TPSA) is 63.8 Å². The molecule has 0 saturated heterocycles. The van der Waals surface area contributed by atoms with Crippen molar-refractivity contribution in [2.45, 2.75) is 0 Å². The largest absolute Gasteiger partial charge is 0.487 e. The van der Waals surface area contributed by atoms with Crippen LogP contribution in [0.1, 0.15) is 16.1 Å². The van der Waals surface area contributed by atoms with Crippen molar-refractivity contribution in [1.29, 1.82) is 0 Å². The first-order chi connectivity index (χ1) is 13.0. The lowest BCUT2D eigenvalue weighted by atomic mass is 10.2. The summed E-state index contributed by atoms with van der Waals surface area (Å²) in [5.74, 6) is 0.521. The van der Waals surface area contributed by atoms with Crippen molar-refractivity contribution in [1.82, 2.24) is 5.43 Å². The summed E-state index contributed by atoms with van der Waals surface area (Å²) in [4.78, 5) is 12.2. The summed E-state index contributed by atoms with van der Waals surface area (Å²) in [5, 5.41) is 4.84. The Bertz CT molecular complexity index is 1020. The van der Waals surface area contributed by atoms with Crippen LogP contribution in [-0.2, 0) is 0 Å². The maximum atomic E-state index is 12.2. The minimum atomic E-state index is -0.418. The third kappa shape index (κ3) is 4.99. The molecule has 138 valence electrons. The number of hydrazone groups is 1. The molecule has 0 atom stereocenters. The van der Waals surface area contributed by atoms with Crippen LogP contribution in [0, 0.1) is 3.57 Å². The van der Waals surface area contributed by atoms with Crippen molar-refractivity contribution in [2.24, 2.45) is 5.10 Å². The molecule has 27 heavy (non-hydrogen) atoms. The average molecular weight is 604 g/mol. The molecular weight excluding hydrogens is 591 g/mol. The van der Waals surface area contributed by atoms with Crippen molar-refractivity contribution in [3.8, 4) is 5.75 Å². The third-order valence-corrected chi connectivity index (χ3v) is 5.33. The first kappa shape index (κ1) is 20.1. The molecule has 5 nitrogen and oxygen atoms in total. The quantitative estimate of drug-likeness (QED) is 0.165. The zero-order valence-electron chi connectivity index (χ0n) is 13.8. The van der Waals surface area contributed by atoms with E-state index in [4.69, 9.17) is 9.15 Å². The Morgan fingerprint density at radius 2 is 2.11 bits per heavy atom. The molecule has 0 aliphatic carbocycles. The molecule has 1 N–H and O–H groups in total. The van der Waals surface area contributed by atoms with Gasteiger partial charge in [0.1, 0.15) is 17.9 Å². The molecular formula is C19H13Br2IN2O3. The summed E-state index contributed by atoms with van der Waals surface area (Å²) in [6.45, 7) is 4.06. The van der Waals surface area contributed by atoms with Gasteiger partial charge >= 0.3 is 5.91 Å². The number of rotatable bonds is 6. The molecule has 3 aromatic rings. The standard InChI is InChI=1S/C19H13Br2IN2O3/c1-2-5-26-18-14(21)6-11(7-15(18)22)10-23-24-19(25)17-9-12-8-13(20)3-4-16(12)27-17/h2-4,6-10H,1,5H2,(H,24,25)/b23-10+. The Morgan fingerprint density at radius 1 is 1.30 bits per heavy atom. The van der Waals surface area contributed by atoms with Crippen LogP contribution < -0.4 is 10.2 Å². The number of hydrogen-bond donors (Lipinski definition) is 1. The van der Waals surface area contributed by atoms with Crippen molar-refractivity contribution < 1.29 is 13.9 Å². The van der Waals surface area contributed by atoms with Gasteiger partial charge in [-0.2, -0.15) is 5.10 Å². The number of halogens is 3. The maximum Gasteiger partial charge on any atom is 0.307 e. The minimum Gasteiger partial charge on any atom is -0.487 e. The SMILES string of the molecule is C=CCOc1c(Br)cc(/C=N/NC(=O)c2cc3cc(Br)ccc3o2)cc1I. The highest BCUT2D eigenvalue weighted by atomic mass is 127. The molecule has 0 radical (unpaired) electrons. The van der Waals surface area contributed by atoms with Crippen LogP contribution in [0.15, 0.2) is 67.5 Å². The summed E-state index contributed by atoms with van der Waals surface area (Å²) in [6, 6.07) is 11.0. The number of hydrogen-bond acceptors (Lipinski definition) is 4. The van der Waals surface area contributed by atoms with Crippen LogP contribution in [0.5, 0.6) is 5.75 Å². The van der Waals surface area contributed by atoms with E-state index in [0.29, 0.717) is 12.2 Å². The fraction of sp³-hybridized carbons (Fsp3) is 0.0526. The normalized spacial score (nSPS) is 11.1. The van der Waals surface area contributed by atoms with Crippen LogP contribution >= 0.6 is 54.5 Å². The van der Waals surface area contributed by atoms with Gasteiger partial charge in [-0.15, -0.1) is 0 Å². The van der Waals surface area contributed by atoms with Crippen LogP contribution in [0.25, 0.3) is 11.0 Å². The van der Waals surface area contributed by atoms with Gasteiger partial charge in [0.05, 0.1) is 14.3 Å². The summed E-state index contributed by atoms with van der Waals surface area (Å²) in [7, 11) is 0. The van der Waals surface area contributed by atoms with Crippen molar-refractivity contribution >= 4 is 77.5 Å². The van der Waals surface area contributed by atoms with E-state index in [1.54, 1.807) is 24.4 Å². The number of carbonyl (C=O) groups is 1. The molecule has 1 aromatic heterocycles. The van der Waals surface area contributed by atoms with E-state index < -0.39 is 5.91 Å². The Balaban J connectivity index is 1.70. The summed E-state index contributed by atoms with van der Waals surface area (Å²) < 4.78 is 13.8. The van der Waals surface area contributed by atoms with Crippen LogP contribution in [-0.4, -0.2) is 18.7 Å². The van der Waals surface area contributed by atoms with E-state index in [-0.39, 0.29) is 5.76 Å². The average Bonchev–Trinajstić information content (AvgIpc) is 3.04. The molecule has 8 heteroatoms. The summed E-state index contributed by atoms with van der Waals surface area (Å²) in [5.41, 5.74) is 3.92. The van der Waals surface area contributed by atoms with Crippen LogP contribution in [0.3, 0.4) is 0 Å². The van der Waals surface area contributed by atoms with Gasteiger partial charge in [0.15, 0.2) is 5.76 Å². The molecule has 1 heterocycles. The Labute approximate surface area is 186 Å². The van der Waals surface area contributed by atoms with E-state index >= 15 is 0 Å². The maximum absolute atomic E-state index is 12.2. The summed E-state index contributed by atoms with van der Waals surface area (Å²) >= 11 is 9.05. The van der Waals surface area contributed by atoms with E-state index in [0.717, 1.165) is 29.2 Å². The molecule has 0 spiro atoms. The fourth-order valence-electron chi connectivity index (χ4n) is 2.28. The number of furan rings is 1. The highest BCUT2D eigenvalue weighted by Gasteiger charge is 2.12. The Kier molecular flexibility index (Phi) is 6.72. The molecule has 2 aromatic carbocycles. The number of fused-ring (bicyclic) bond motifs is 1. The molecule has 0 unspecified atom stereocenters. The molecule has 0 aliphatic heterocycles. The van der Waals surface area contributed by atoms with Crippen LogP contribution in [0.2, 0.25) is 0 Å². The number of nitrogens with one attached hydrogen (secondary N) is 1. The number of carbonyl (C=O) groups excluding carboxylic acids is 1. The Morgan fingerprint density at radius 3 is 2.85 bits per heavy atom. The second-order valence-electron chi connectivity index (χ2n) is 5.41. The van der Waals surface area contributed by atoms with E-state index in [1.807, 2.05) is 24.3 Å². The number of amides is 1. The second-order valence-corrected chi connectivity index (χ2v) is 8.34. The molecule has 0 fully saturated rings. The lowest BCUT2D eigenvalue weighted by Crippen LogP contribution is -2.16. The third-order valence-electron chi connectivity index (χ3n) is 3.45. The van der Waals surface area contributed by atoms with Crippen LogP contribution in [0.4, 0.5) is 0 Å². The van der Waals surface area contributed by atoms with Crippen molar-refractivity contribution in [3.63, 3.8) is 0 Å². The monoisotopic (exact) mass is 602 g/mol. The molecule has 0 aliphatic rings. The smallest absolute Gasteiger partial charge is 0.307 e. The number of benzene rings is 2. The lowest BCUT2D eigenvalue weighted by Gasteiger charge is -2.09. The van der Waals surface area contributed by atoms with Crippen molar-refractivity contribution in [2.75, 3.05) is 6.61 Å². The van der Waals surface area contributed by atoms with E-state index in [1.165, 1.54) is 0 Å². The molecule has 0 bridgehead atoms. The van der Waals surface area contributed by atoms with Gasteiger partial charge in [0.25, 0.3) is 0 Å². The number of nitrogens with zero attached hydrogens (tertiary/aromatic N) is 1. The highest BCUT2D eigenvalue weighted by molar-refractivity contribution is 14.1. The van der Waals surface area contributed by atoms with Gasteiger partial charge in [0, 0.05) is 9.86 Å². The van der Waals surface area contributed by atoms with Gasteiger partial charge in [-0.3, -0.25) is 4.79 Å². The highest BCUT2D eigenvalue weighted by Crippen LogP contribution is 2.31. The zero-order valence-corrected chi connectivity index (χ0v) is 19.2. The number of ether oxygens (including phenoxy) is 1. The minimum absolute atomic E-state index is 0.198. The lowest BCUT2D eigenvalue weighted by molar-refractivity contribution is 0.0929. The molecule has 3 rings (SSSR count). The predicted molar refractivity (Wildman–Crippen MR) is 122 cm³/mol. The van der Waals surface area contributed by atoms with Gasteiger partial charge in [0.2, 0.25) is 0 Å². The van der Waals surface area contributed by atoms with Gasteiger partial charge in [-0.05, 0) is 80.5 Å². The fourth-order valence-corrected chi connectivity index (χ4v) is 4.43. The predicted octanol–water partition coefficient (Wildman–Crippen LogP) is 5.89. The summed E-state index contributed by atoms with van der Waals surface area (Å²) in [6.07, 6.45) is 3.24. The second kappa shape index (κ2) is 9.03. The first-order valence-corrected chi connectivity index (χ1v) is 10.4. The zero-order chi connectivity index (χ0) is 19.4. The van der Waals surface area contributed by atoms with Crippen molar-refractivity contribution in [3.05, 3.63) is 72.9 Å².